The molecule has 1 N–H and O–H groups in total. The van der Waals surface area contributed by atoms with E-state index in [1.54, 1.807) is 0 Å². The summed E-state index contributed by atoms with van der Waals surface area (Å²) in [7, 11) is 0. The summed E-state index contributed by atoms with van der Waals surface area (Å²) >= 11 is 0. The number of rotatable bonds is 3. The fourth-order valence-corrected chi connectivity index (χ4v) is 2.31. The zero-order chi connectivity index (χ0) is 13.2. The number of fused-ring (bicyclic) bond motifs is 1. The lowest BCUT2D eigenvalue weighted by atomic mass is 10.0. The monoisotopic (exact) mass is 252 g/mol. The van der Waals surface area contributed by atoms with Crippen LogP contribution in [0.2, 0.25) is 0 Å². The van der Waals surface area contributed by atoms with Crippen molar-refractivity contribution in [3.05, 3.63) is 71.5 Å². The normalized spacial score (nSPS) is 12.7. The van der Waals surface area contributed by atoms with Crippen LogP contribution in [0.15, 0.2) is 59.0 Å². The molecule has 3 aromatic rings. The van der Waals surface area contributed by atoms with Gasteiger partial charge in [-0.05, 0) is 30.2 Å². The average molecular weight is 252 g/mol. The first-order chi connectivity index (χ1) is 9.24. The van der Waals surface area contributed by atoms with Gasteiger partial charge in [0.25, 0.3) is 0 Å². The summed E-state index contributed by atoms with van der Waals surface area (Å²) in [5, 5.41) is 11.3. The van der Waals surface area contributed by atoms with E-state index < -0.39 is 6.10 Å². The van der Waals surface area contributed by atoms with Crippen LogP contribution in [0, 0.1) is 6.92 Å². The number of hydrogen-bond donors (Lipinski definition) is 1. The molecular formula is C17H16O2. The zero-order valence-corrected chi connectivity index (χ0v) is 10.8. The van der Waals surface area contributed by atoms with E-state index in [9.17, 15) is 5.11 Å². The maximum absolute atomic E-state index is 10.3. The topological polar surface area (TPSA) is 33.4 Å². The van der Waals surface area contributed by atoms with Gasteiger partial charge in [-0.3, -0.25) is 0 Å². The van der Waals surface area contributed by atoms with Gasteiger partial charge in [0.2, 0.25) is 0 Å². The number of aryl methyl sites for hydroxylation is 1. The molecule has 0 aliphatic heterocycles. The number of benzene rings is 2. The predicted molar refractivity (Wildman–Crippen MR) is 76.1 cm³/mol. The van der Waals surface area contributed by atoms with Gasteiger partial charge in [0.05, 0.1) is 0 Å². The van der Waals surface area contributed by atoms with Crippen LogP contribution in [0.5, 0.6) is 0 Å². The number of furan rings is 1. The Labute approximate surface area is 112 Å². The van der Waals surface area contributed by atoms with E-state index in [1.807, 2.05) is 48.5 Å². The molecule has 19 heavy (non-hydrogen) atoms. The molecule has 0 saturated carbocycles. The zero-order valence-electron chi connectivity index (χ0n) is 10.8. The third-order valence-electron chi connectivity index (χ3n) is 3.45. The van der Waals surface area contributed by atoms with Crippen LogP contribution < -0.4 is 0 Å². The van der Waals surface area contributed by atoms with E-state index in [-0.39, 0.29) is 0 Å². The molecular weight excluding hydrogens is 236 g/mol. The highest BCUT2D eigenvalue weighted by atomic mass is 16.4. The van der Waals surface area contributed by atoms with Gasteiger partial charge in [0, 0.05) is 11.8 Å². The lowest BCUT2D eigenvalue weighted by Gasteiger charge is -2.09. The predicted octanol–water partition coefficient (Wildman–Crippen LogP) is 4.02. The average Bonchev–Trinajstić information content (AvgIpc) is 2.85. The van der Waals surface area contributed by atoms with Crippen molar-refractivity contribution in [1.82, 2.24) is 0 Å². The molecule has 96 valence electrons. The quantitative estimate of drug-likeness (QED) is 0.763. The first-order valence-electron chi connectivity index (χ1n) is 6.45. The summed E-state index contributed by atoms with van der Waals surface area (Å²) in [6.07, 6.45) is -0.0274. The number of aliphatic hydroxyl groups excluding tert-OH is 1. The van der Waals surface area contributed by atoms with Crippen LogP contribution in [-0.2, 0) is 6.42 Å². The van der Waals surface area contributed by atoms with Crippen LogP contribution in [-0.4, -0.2) is 5.11 Å². The lowest BCUT2D eigenvalue weighted by Crippen LogP contribution is -2.01. The van der Waals surface area contributed by atoms with Gasteiger partial charge in [0.15, 0.2) is 0 Å². The maximum atomic E-state index is 10.3. The standard InChI is InChI=1S/C17H16O2/c1-12-6-2-3-7-13(12)10-15(18)17-11-14-8-4-5-9-16(14)19-17/h2-9,11,15,18H,10H2,1H3. The van der Waals surface area contributed by atoms with Gasteiger partial charge in [0.1, 0.15) is 17.4 Å². The first-order valence-corrected chi connectivity index (χ1v) is 6.45. The Morgan fingerprint density at radius 1 is 1.05 bits per heavy atom. The molecule has 3 rings (SSSR count). The highest BCUT2D eigenvalue weighted by molar-refractivity contribution is 5.77. The molecule has 1 atom stereocenters. The molecule has 1 aromatic heterocycles. The minimum absolute atomic E-state index is 0.576. The molecule has 0 aliphatic rings. The number of aliphatic hydroxyl groups is 1. The molecule has 0 saturated heterocycles. The van der Waals surface area contributed by atoms with Gasteiger partial charge >= 0.3 is 0 Å². The second-order valence-corrected chi connectivity index (χ2v) is 4.83. The van der Waals surface area contributed by atoms with E-state index in [0.717, 1.165) is 16.5 Å². The van der Waals surface area contributed by atoms with E-state index in [1.165, 1.54) is 5.56 Å². The van der Waals surface area contributed by atoms with Crippen LogP contribution in [0.1, 0.15) is 23.0 Å². The summed E-state index contributed by atoms with van der Waals surface area (Å²) in [5.74, 6) is 0.629. The fourth-order valence-electron chi connectivity index (χ4n) is 2.31. The first kappa shape index (κ1) is 12.0. The molecule has 1 heterocycles. The smallest absolute Gasteiger partial charge is 0.134 e. The summed E-state index contributed by atoms with van der Waals surface area (Å²) < 4.78 is 5.69. The Kier molecular flexibility index (Phi) is 3.10. The molecule has 0 aliphatic carbocycles. The van der Waals surface area contributed by atoms with Gasteiger partial charge in [-0.25, -0.2) is 0 Å². The van der Waals surface area contributed by atoms with Crippen molar-refractivity contribution in [3.63, 3.8) is 0 Å². The largest absolute Gasteiger partial charge is 0.458 e. The Morgan fingerprint density at radius 2 is 1.79 bits per heavy atom. The Morgan fingerprint density at radius 3 is 2.58 bits per heavy atom. The molecule has 0 bridgehead atoms. The van der Waals surface area contributed by atoms with Gasteiger partial charge in [-0.15, -0.1) is 0 Å². The van der Waals surface area contributed by atoms with E-state index in [0.29, 0.717) is 12.2 Å². The summed E-state index contributed by atoms with van der Waals surface area (Å²) in [6, 6.07) is 17.8. The van der Waals surface area contributed by atoms with Crippen molar-refractivity contribution < 1.29 is 9.52 Å². The highest BCUT2D eigenvalue weighted by Gasteiger charge is 2.14. The fraction of sp³-hybridized carbons (Fsp3) is 0.176. The van der Waals surface area contributed by atoms with Crippen molar-refractivity contribution in [2.24, 2.45) is 0 Å². The van der Waals surface area contributed by atoms with Gasteiger partial charge in [-0.2, -0.15) is 0 Å². The molecule has 2 nitrogen and oxygen atoms in total. The van der Waals surface area contributed by atoms with Crippen LogP contribution in [0.3, 0.4) is 0 Å². The maximum Gasteiger partial charge on any atom is 0.134 e. The van der Waals surface area contributed by atoms with Crippen molar-refractivity contribution in [1.29, 1.82) is 0 Å². The molecule has 0 spiro atoms. The molecule has 2 heteroatoms. The minimum atomic E-state index is -0.603. The van der Waals surface area contributed by atoms with E-state index >= 15 is 0 Å². The third-order valence-corrected chi connectivity index (χ3v) is 3.45. The number of para-hydroxylation sites is 1. The van der Waals surface area contributed by atoms with E-state index in [2.05, 4.69) is 13.0 Å². The van der Waals surface area contributed by atoms with Crippen LogP contribution in [0.25, 0.3) is 11.0 Å². The van der Waals surface area contributed by atoms with Crippen LogP contribution in [0.4, 0.5) is 0 Å². The minimum Gasteiger partial charge on any atom is -0.458 e. The highest BCUT2D eigenvalue weighted by Crippen LogP contribution is 2.26. The van der Waals surface area contributed by atoms with E-state index in [4.69, 9.17) is 4.42 Å². The summed E-state index contributed by atoms with van der Waals surface area (Å²) in [6.45, 7) is 2.06. The Balaban J connectivity index is 1.87. The third kappa shape index (κ3) is 2.40. The Bertz CT molecular complexity index is 664. The lowest BCUT2D eigenvalue weighted by molar-refractivity contribution is 0.152. The SMILES string of the molecule is Cc1ccccc1CC(O)c1cc2ccccc2o1. The van der Waals surface area contributed by atoms with Crippen LogP contribution >= 0.6 is 0 Å². The second-order valence-electron chi connectivity index (χ2n) is 4.83. The van der Waals surface area contributed by atoms with Crippen molar-refractivity contribution in [2.75, 3.05) is 0 Å². The van der Waals surface area contributed by atoms with Crippen molar-refractivity contribution >= 4 is 11.0 Å². The van der Waals surface area contributed by atoms with Gasteiger partial charge < -0.3 is 9.52 Å². The summed E-state index contributed by atoms with van der Waals surface area (Å²) in [5.41, 5.74) is 3.16. The second kappa shape index (κ2) is 4.90. The molecule has 1 unspecified atom stereocenters. The molecule has 0 fully saturated rings. The Hall–Kier alpha value is -2.06. The number of hydrogen-bond acceptors (Lipinski definition) is 2. The van der Waals surface area contributed by atoms with Crippen molar-refractivity contribution in [3.8, 4) is 0 Å². The molecule has 0 amide bonds. The summed E-state index contributed by atoms with van der Waals surface area (Å²) in [4.78, 5) is 0. The van der Waals surface area contributed by atoms with Crippen molar-refractivity contribution in [2.45, 2.75) is 19.4 Å². The van der Waals surface area contributed by atoms with Gasteiger partial charge in [-0.1, -0.05) is 42.5 Å². The molecule has 0 radical (unpaired) electrons. The molecule has 2 aromatic carbocycles.